The predicted octanol–water partition coefficient (Wildman–Crippen LogP) is 4.24. The van der Waals surface area contributed by atoms with Crippen molar-refractivity contribution in [3.63, 3.8) is 0 Å². The zero-order valence-electron chi connectivity index (χ0n) is 15.1. The minimum absolute atomic E-state index is 0.102. The number of hydrogen-bond acceptors (Lipinski definition) is 7. The quantitative estimate of drug-likeness (QED) is 0.441. The molecule has 0 aliphatic carbocycles. The molecule has 4 rings (SSSR count). The third kappa shape index (κ3) is 4.06. The van der Waals surface area contributed by atoms with Gasteiger partial charge in [-0.3, -0.25) is 9.89 Å². The van der Waals surface area contributed by atoms with Crippen LogP contribution in [0.1, 0.15) is 22.1 Å². The molecule has 28 heavy (non-hydrogen) atoms. The molecule has 0 atom stereocenters. The lowest BCUT2D eigenvalue weighted by atomic mass is 10.2. The molecule has 0 amide bonds. The second kappa shape index (κ2) is 7.94. The minimum atomic E-state index is -0.102. The molecule has 3 aromatic heterocycles. The van der Waals surface area contributed by atoms with Gasteiger partial charge in [-0.25, -0.2) is 9.97 Å². The van der Waals surface area contributed by atoms with E-state index >= 15 is 0 Å². The molecule has 10 heteroatoms. The molecule has 3 heterocycles. The van der Waals surface area contributed by atoms with Crippen LogP contribution < -0.4 is 10.3 Å². The first-order chi connectivity index (χ1) is 13.5. The van der Waals surface area contributed by atoms with Gasteiger partial charge in [-0.05, 0) is 43.7 Å². The fourth-order valence-corrected chi connectivity index (χ4v) is 4.45. The summed E-state index contributed by atoms with van der Waals surface area (Å²) in [7, 11) is 0. The van der Waals surface area contributed by atoms with E-state index in [1.54, 1.807) is 24.3 Å². The predicted molar refractivity (Wildman–Crippen MR) is 111 cm³/mol. The van der Waals surface area contributed by atoms with Gasteiger partial charge in [0.15, 0.2) is 5.82 Å². The van der Waals surface area contributed by atoms with Crippen molar-refractivity contribution in [1.82, 2.24) is 25.1 Å². The van der Waals surface area contributed by atoms with Crippen LogP contribution in [0.3, 0.4) is 0 Å². The van der Waals surface area contributed by atoms with Crippen molar-refractivity contribution in [2.75, 3.05) is 0 Å². The van der Waals surface area contributed by atoms with E-state index in [1.807, 2.05) is 13.8 Å². The van der Waals surface area contributed by atoms with Crippen molar-refractivity contribution >= 4 is 44.9 Å². The van der Waals surface area contributed by atoms with Crippen LogP contribution in [0, 0.1) is 13.8 Å². The Kier molecular flexibility index (Phi) is 5.38. The van der Waals surface area contributed by atoms with Crippen molar-refractivity contribution in [1.29, 1.82) is 0 Å². The van der Waals surface area contributed by atoms with E-state index in [0.717, 1.165) is 15.3 Å². The van der Waals surface area contributed by atoms with Gasteiger partial charge in [-0.15, -0.1) is 16.4 Å². The Hall–Kier alpha value is -2.36. The van der Waals surface area contributed by atoms with Crippen molar-refractivity contribution in [2.24, 2.45) is 0 Å². The number of fused-ring (bicyclic) bond motifs is 1. The van der Waals surface area contributed by atoms with Gasteiger partial charge < -0.3 is 9.72 Å². The van der Waals surface area contributed by atoms with Crippen LogP contribution >= 0.6 is 34.7 Å². The lowest BCUT2D eigenvalue weighted by Crippen LogP contribution is -2.10. The topological polar surface area (TPSA) is 96.5 Å². The summed E-state index contributed by atoms with van der Waals surface area (Å²) in [4.78, 5) is 26.0. The van der Waals surface area contributed by atoms with Gasteiger partial charge in [-0.2, -0.15) is 0 Å². The molecule has 0 spiro atoms. The van der Waals surface area contributed by atoms with Crippen LogP contribution in [0.15, 0.2) is 34.2 Å². The van der Waals surface area contributed by atoms with E-state index in [9.17, 15) is 4.79 Å². The Morgan fingerprint density at radius 2 is 1.96 bits per heavy atom. The summed E-state index contributed by atoms with van der Waals surface area (Å²) in [5, 5.41) is 8.92. The fraction of sp³-hybridized carbons (Fsp3) is 0.222. The zero-order chi connectivity index (χ0) is 19.7. The van der Waals surface area contributed by atoms with Gasteiger partial charge in [-0.1, -0.05) is 23.4 Å². The number of H-pyrrole nitrogens is 2. The van der Waals surface area contributed by atoms with Gasteiger partial charge in [0.25, 0.3) is 5.56 Å². The van der Waals surface area contributed by atoms with E-state index in [1.165, 1.54) is 23.1 Å². The Bertz CT molecular complexity index is 1180. The van der Waals surface area contributed by atoms with Crippen LogP contribution in [0.2, 0.25) is 5.02 Å². The first-order valence-corrected chi connectivity index (χ1v) is 10.6. The number of halogens is 1. The number of aromatic amines is 2. The monoisotopic (exact) mass is 433 g/mol. The number of benzene rings is 1. The average molecular weight is 434 g/mol. The van der Waals surface area contributed by atoms with Crippen LogP contribution in [0.5, 0.6) is 5.75 Å². The number of ether oxygens (including phenoxy) is 1. The highest BCUT2D eigenvalue weighted by atomic mass is 35.5. The first kappa shape index (κ1) is 19.0. The highest BCUT2D eigenvalue weighted by Gasteiger charge is 2.13. The Labute approximate surface area is 173 Å². The minimum Gasteiger partial charge on any atom is -0.486 e. The van der Waals surface area contributed by atoms with Crippen LogP contribution in [-0.2, 0) is 12.4 Å². The number of rotatable bonds is 6. The van der Waals surface area contributed by atoms with Gasteiger partial charge in [0.05, 0.1) is 11.1 Å². The van der Waals surface area contributed by atoms with E-state index in [2.05, 4.69) is 25.1 Å². The second-order valence-electron chi connectivity index (χ2n) is 6.07. The largest absolute Gasteiger partial charge is 0.486 e. The molecular formula is C18H16ClN5O2S2. The van der Waals surface area contributed by atoms with Gasteiger partial charge in [0.1, 0.15) is 23.0 Å². The molecule has 0 aliphatic rings. The first-order valence-electron chi connectivity index (χ1n) is 8.41. The highest BCUT2D eigenvalue weighted by molar-refractivity contribution is 7.98. The van der Waals surface area contributed by atoms with E-state index in [0.29, 0.717) is 38.7 Å². The van der Waals surface area contributed by atoms with Crippen LogP contribution in [0.4, 0.5) is 0 Å². The molecule has 0 fully saturated rings. The van der Waals surface area contributed by atoms with Crippen molar-refractivity contribution in [2.45, 2.75) is 31.4 Å². The van der Waals surface area contributed by atoms with E-state index < -0.39 is 0 Å². The number of aromatic nitrogens is 5. The maximum atomic E-state index is 12.3. The fourth-order valence-electron chi connectivity index (χ4n) is 2.59. The molecule has 0 aliphatic heterocycles. The third-order valence-electron chi connectivity index (χ3n) is 4.13. The van der Waals surface area contributed by atoms with Crippen LogP contribution in [-0.4, -0.2) is 25.1 Å². The summed E-state index contributed by atoms with van der Waals surface area (Å²) >= 11 is 8.78. The molecule has 144 valence electrons. The average Bonchev–Trinajstić information content (AvgIpc) is 3.24. The smallest absolute Gasteiger partial charge is 0.259 e. The standard InChI is InChI=1S/C18H16ClN5O2S2/c1-9-10(2)28-17-15(9)16(25)20-14(21-17)8-27-18-22-13(23-24-18)7-26-12-5-3-11(19)4-6-12/h3-6H,7-8H2,1-2H3,(H,20,21,25)(H,22,23,24). The Morgan fingerprint density at radius 3 is 2.75 bits per heavy atom. The number of nitrogens with zero attached hydrogens (tertiary/aromatic N) is 3. The maximum Gasteiger partial charge on any atom is 0.259 e. The summed E-state index contributed by atoms with van der Waals surface area (Å²) in [6.45, 7) is 4.21. The summed E-state index contributed by atoms with van der Waals surface area (Å²) in [5.41, 5.74) is 0.891. The Morgan fingerprint density at radius 1 is 1.18 bits per heavy atom. The molecule has 0 saturated carbocycles. The van der Waals surface area contributed by atoms with Crippen molar-refractivity contribution in [3.8, 4) is 5.75 Å². The second-order valence-corrected chi connectivity index (χ2v) is 8.65. The number of thiophene rings is 1. The zero-order valence-corrected chi connectivity index (χ0v) is 17.5. The number of nitrogens with one attached hydrogen (secondary N) is 2. The molecule has 0 saturated heterocycles. The van der Waals surface area contributed by atoms with E-state index in [-0.39, 0.29) is 12.2 Å². The number of hydrogen-bond donors (Lipinski definition) is 2. The van der Waals surface area contributed by atoms with Gasteiger partial charge >= 0.3 is 0 Å². The van der Waals surface area contributed by atoms with E-state index in [4.69, 9.17) is 16.3 Å². The van der Waals surface area contributed by atoms with Gasteiger partial charge in [0.2, 0.25) is 5.16 Å². The SMILES string of the molecule is Cc1sc2nc(CSc3n[nH]c(COc4ccc(Cl)cc4)n3)[nH]c(=O)c2c1C. The maximum absolute atomic E-state index is 12.3. The molecule has 4 aromatic rings. The molecule has 7 nitrogen and oxygen atoms in total. The lowest BCUT2D eigenvalue weighted by Gasteiger charge is -2.03. The highest BCUT2D eigenvalue weighted by Crippen LogP contribution is 2.26. The number of thioether (sulfide) groups is 1. The molecule has 0 radical (unpaired) electrons. The Balaban J connectivity index is 1.40. The van der Waals surface area contributed by atoms with Crippen molar-refractivity contribution in [3.05, 3.63) is 61.7 Å². The molecular weight excluding hydrogens is 418 g/mol. The third-order valence-corrected chi connectivity index (χ3v) is 6.34. The van der Waals surface area contributed by atoms with Crippen LogP contribution in [0.25, 0.3) is 10.2 Å². The number of aryl methyl sites for hydroxylation is 2. The summed E-state index contributed by atoms with van der Waals surface area (Å²) in [6, 6.07) is 7.11. The molecule has 0 bridgehead atoms. The van der Waals surface area contributed by atoms with Gasteiger partial charge in [0, 0.05) is 9.90 Å². The summed E-state index contributed by atoms with van der Waals surface area (Å²) in [5.74, 6) is 2.38. The molecule has 1 aromatic carbocycles. The molecule has 2 N–H and O–H groups in total. The lowest BCUT2D eigenvalue weighted by molar-refractivity contribution is 0.296. The normalized spacial score (nSPS) is 11.2. The molecule has 0 unspecified atom stereocenters. The summed E-state index contributed by atoms with van der Waals surface area (Å²) in [6.07, 6.45) is 0. The van der Waals surface area contributed by atoms with Crippen molar-refractivity contribution < 1.29 is 4.74 Å². The summed E-state index contributed by atoms with van der Waals surface area (Å²) < 4.78 is 5.64.